The van der Waals surface area contributed by atoms with Crippen molar-refractivity contribution in [1.82, 2.24) is 15.3 Å². The molecule has 2 atom stereocenters. The Labute approximate surface area is 177 Å². The van der Waals surface area contributed by atoms with Gasteiger partial charge < -0.3 is 20.3 Å². The van der Waals surface area contributed by atoms with Crippen molar-refractivity contribution in [3.05, 3.63) is 41.5 Å². The molecule has 2 bridgehead atoms. The second-order valence-electron chi connectivity index (χ2n) is 8.30. The molecule has 5 rings (SSSR count). The molecule has 5 heterocycles. The third kappa shape index (κ3) is 4.06. The number of aromatic nitrogens is 2. The van der Waals surface area contributed by atoms with Gasteiger partial charge in [-0.3, -0.25) is 0 Å². The molecule has 0 aromatic carbocycles. The summed E-state index contributed by atoms with van der Waals surface area (Å²) in [5.74, 6) is 0.269. The minimum atomic E-state index is -4.45. The minimum Gasteiger partial charge on any atom is -0.374 e. The predicted octanol–water partition coefficient (Wildman–Crippen LogP) is 3.82. The van der Waals surface area contributed by atoms with Crippen LogP contribution in [0.5, 0.6) is 0 Å². The largest absolute Gasteiger partial charge is 0.417 e. The van der Waals surface area contributed by atoms with Gasteiger partial charge in [0.15, 0.2) is 5.82 Å². The van der Waals surface area contributed by atoms with Crippen LogP contribution in [-0.4, -0.2) is 48.4 Å². The summed E-state index contributed by atoms with van der Waals surface area (Å²) < 4.78 is 59.7. The monoisotopic (exact) mass is 437 g/mol. The van der Waals surface area contributed by atoms with E-state index in [1.54, 1.807) is 6.07 Å². The fourth-order valence-corrected chi connectivity index (χ4v) is 4.64. The highest BCUT2D eigenvalue weighted by molar-refractivity contribution is 5.63. The minimum absolute atomic E-state index is 0.0154. The van der Waals surface area contributed by atoms with Crippen molar-refractivity contribution in [2.45, 2.75) is 43.5 Å². The first-order valence-corrected chi connectivity index (χ1v) is 10.5. The SMILES string of the molecule is Fc1c(N2CC3CC2CO3)cc(Nc2ccc(C(F)(F)F)cn2)nc1C1CCNCC1. The number of hydrogen-bond donors (Lipinski definition) is 2. The number of pyridine rings is 2. The molecule has 2 aromatic heterocycles. The number of piperidine rings is 1. The number of nitrogens with one attached hydrogen (secondary N) is 2. The smallest absolute Gasteiger partial charge is 0.374 e. The third-order valence-corrected chi connectivity index (χ3v) is 6.25. The number of hydrogen-bond acceptors (Lipinski definition) is 6. The molecule has 166 valence electrons. The molecule has 0 radical (unpaired) electrons. The van der Waals surface area contributed by atoms with Crippen LogP contribution >= 0.6 is 0 Å². The van der Waals surface area contributed by atoms with Gasteiger partial charge in [0, 0.05) is 24.7 Å². The van der Waals surface area contributed by atoms with Crippen molar-refractivity contribution in [3.63, 3.8) is 0 Å². The van der Waals surface area contributed by atoms with E-state index in [0.29, 0.717) is 30.4 Å². The van der Waals surface area contributed by atoms with Crippen LogP contribution in [0.4, 0.5) is 34.9 Å². The van der Waals surface area contributed by atoms with E-state index in [2.05, 4.69) is 20.6 Å². The zero-order chi connectivity index (χ0) is 21.6. The van der Waals surface area contributed by atoms with Gasteiger partial charge in [-0.2, -0.15) is 13.2 Å². The standard InChI is InChI=1S/C21H23F4N5O/c22-19-16(30-10-15-7-14(30)11-31-15)8-18(29-20(19)12-3-5-26-6-4-12)28-17-2-1-13(9-27-17)21(23,24)25/h1-2,8-9,12,14-15,26H,3-7,10-11H2,(H,27,28,29). The van der Waals surface area contributed by atoms with E-state index in [1.165, 1.54) is 6.07 Å². The summed E-state index contributed by atoms with van der Waals surface area (Å²) >= 11 is 0. The lowest BCUT2D eigenvalue weighted by Crippen LogP contribution is -2.38. The molecular formula is C21H23F4N5O. The second-order valence-corrected chi connectivity index (χ2v) is 8.30. The Balaban J connectivity index is 1.48. The van der Waals surface area contributed by atoms with E-state index in [9.17, 15) is 13.2 Å². The topological polar surface area (TPSA) is 62.3 Å². The summed E-state index contributed by atoms with van der Waals surface area (Å²) in [6, 6.07) is 3.97. The van der Waals surface area contributed by atoms with Crippen LogP contribution < -0.4 is 15.5 Å². The van der Waals surface area contributed by atoms with Crippen molar-refractivity contribution in [2.24, 2.45) is 0 Å². The molecule has 3 aliphatic rings. The fourth-order valence-electron chi connectivity index (χ4n) is 4.64. The highest BCUT2D eigenvalue weighted by Gasteiger charge is 2.41. The average Bonchev–Trinajstić information content (AvgIpc) is 3.39. The Hall–Kier alpha value is -2.46. The predicted molar refractivity (Wildman–Crippen MR) is 107 cm³/mol. The summed E-state index contributed by atoms with van der Waals surface area (Å²) in [5.41, 5.74) is 0.0418. The van der Waals surface area contributed by atoms with Gasteiger partial charge in [0.2, 0.25) is 0 Å². The fraction of sp³-hybridized carbons (Fsp3) is 0.524. The Morgan fingerprint density at radius 1 is 1.16 bits per heavy atom. The van der Waals surface area contributed by atoms with E-state index >= 15 is 4.39 Å². The summed E-state index contributed by atoms with van der Waals surface area (Å²) in [4.78, 5) is 10.4. The zero-order valence-electron chi connectivity index (χ0n) is 16.8. The van der Waals surface area contributed by atoms with Gasteiger partial charge in [-0.1, -0.05) is 0 Å². The van der Waals surface area contributed by atoms with Gasteiger partial charge in [-0.25, -0.2) is 14.4 Å². The maximum Gasteiger partial charge on any atom is 0.417 e. The molecule has 0 spiro atoms. The number of rotatable bonds is 4. The Morgan fingerprint density at radius 2 is 1.97 bits per heavy atom. The molecule has 3 aliphatic heterocycles. The summed E-state index contributed by atoms with van der Waals surface area (Å²) in [7, 11) is 0. The van der Waals surface area contributed by atoms with E-state index in [-0.39, 0.29) is 29.7 Å². The summed E-state index contributed by atoms with van der Waals surface area (Å²) in [5, 5.41) is 6.24. The van der Waals surface area contributed by atoms with Gasteiger partial charge in [0.1, 0.15) is 11.6 Å². The molecule has 6 nitrogen and oxygen atoms in total. The van der Waals surface area contributed by atoms with Gasteiger partial charge in [-0.05, 0) is 44.5 Å². The van der Waals surface area contributed by atoms with Crippen LogP contribution in [-0.2, 0) is 10.9 Å². The van der Waals surface area contributed by atoms with E-state index in [0.717, 1.165) is 44.6 Å². The maximum absolute atomic E-state index is 15.6. The number of anilines is 3. The van der Waals surface area contributed by atoms with Crippen LogP contribution in [0.3, 0.4) is 0 Å². The van der Waals surface area contributed by atoms with E-state index in [1.807, 2.05) is 4.90 Å². The molecule has 0 saturated carbocycles. The van der Waals surface area contributed by atoms with Crippen LogP contribution in [0.1, 0.15) is 36.4 Å². The number of morpholine rings is 1. The molecule has 0 amide bonds. The summed E-state index contributed by atoms with van der Waals surface area (Å²) in [6.07, 6.45) is -1.15. The molecular weight excluding hydrogens is 414 g/mol. The second kappa shape index (κ2) is 7.90. The first-order chi connectivity index (χ1) is 14.9. The Bertz CT molecular complexity index is 946. The van der Waals surface area contributed by atoms with Gasteiger partial charge in [0.25, 0.3) is 0 Å². The van der Waals surface area contributed by atoms with E-state index < -0.39 is 11.7 Å². The molecule has 3 fully saturated rings. The molecule has 2 aromatic rings. The van der Waals surface area contributed by atoms with Gasteiger partial charge in [-0.15, -0.1) is 0 Å². The molecule has 0 aliphatic carbocycles. The highest BCUT2D eigenvalue weighted by atomic mass is 19.4. The lowest BCUT2D eigenvalue weighted by atomic mass is 9.93. The Morgan fingerprint density at radius 3 is 2.58 bits per heavy atom. The van der Waals surface area contributed by atoms with Crippen molar-refractivity contribution in [3.8, 4) is 0 Å². The number of fused-ring (bicyclic) bond motifs is 2. The molecule has 31 heavy (non-hydrogen) atoms. The summed E-state index contributed by atoms with van der Waals surface area (Å²) in [6.45, 7) is 2.77. The molecule has 3 saturated heterocycles. The van der Waals surface area contributed by atoms with Crippen LogP contribution in [0.25, 0.3) is 0 Å². The van der Waals surface area contributed by atoms with Gasteiger partial charge >= 0.3 is 6.18 Å². The normalized spacial score (nSPS) is 24.1. The number of alkyl halides is 3. The maximum atomic E-state index is 15.6. The number of halogens is 4. The van der Waals surface area contributed by atoms with Crippen LogP contribution in [0.15, 0.2) is 24.4 Å². The first kappa shape index (κ1) is 20.4. The number of ether oxygens (including phenoxy) is 1. The highest BCUT2D eigenvalue weighted by Crippen LogP contribution is 2.39. The lowest BCUT2D eigenvalue weighted by molar-refractivity contribution is -0.137. The first-order valence-electron chi connectivity index (χ1n) is 10.5. The van der Waals surface area contributed by atoms with Crippen LogP contribution in [0, 0.1) is 5.82 Å². The van der Waals surface area contributed by atoms with Crippen molar-refractivity contribution >= 4 is 17.3 Å². The van der Waals surface area contributed by atoms with Crippen molar-refractivity contribution < 1.29 is 22.3 Å². The molecule has 2 N–H and O–H groups in total. The third-order valence-electron chi connectivity index (χ3n) is 6.25. The van der Waals surface area contributed by atoms with Crippen LogP contribution in [0.2, 0.25) is 0 Å². The lowest BCUT2D eigenvalue weighted by Gasteiger charge is -2.31. The van der Waals surface area contributed by atoms with E-state index in [4.69, 9.17) is 4.74 Å². The number of nitrogens with zero attached hydrogens (tertiary/aromatic N) is 3. The van der Waals surface area contributed by atoms with Crippen molar-refractivity contribution in [2.75, 3.05) is 36.5 Å². The Kier molecular flexibility index (Phi) is 5.21. The average molecular weight is 437 g/mol. The molecule has 10 heteroatoms. The molecule has 2 unspecified atom stereocenters. The van der Waals surface area contributed by atoms with Gasteiger partial charge in [0.05, 0.1) is 35.7 Å². The zero-order valence-corrected chi connectivity index (χ0v) is 16.8. The quantitative estimate of drug-likeness (QED) is 0.710. The van der Waals surface area contributed by atoms with Crippen molar-refractivity contribution in [1.29, 1.82) is 0 Å².